The molecule has 98 valence electrons. The fraction of sp³-hybridized carbons (Fsp3) is 0.462. The van der Waals surface area contributed by atoms with Gasteiger partial charge in [0.05, 0.1) is 18.4 Å². The third-order valence-electron chi connectivity index (χ3n) is 3.26. The third-order valence-corrected chi connectivity index (χ3v) is 3.26. The summed E-state index contributed by atoms with van der Waals surface area (Å²) in [7, 11) is 3.59. The van der Waals surface area contributed by atoms with Crippen LogP contribution in [0.5, 0.6) is 5.75 Å². The number of methoxy groups -OCH3 is 1. The standard InChI is InChI=1S/C13H19N3O2/c1-16-7-6-9(8-16)15-13(17)10-4-3-5-11(18-2)12(10)14/h3-5,9H,6-8,14H2,1-2H3,(H,15,17). The number of hydrogen-bond acceptors (Lipinski definition) is 4. The van der Waals surface area contributed by atoms with Crippen LogP contribution in [0.25, 0.3) is 0 Å². The van der Waals surface area contributed by atoms with E-state index in [0.717, 1.165) is 19.5 Å². The first-order chi connectivity index (χ1) is 8.61. The van der Waals surface area contributed by atoms with Crippen molar-refractivity contribution in [3.8, 4) is 5.75 Å². The number of nitrogen functional groups attached to an aromatic ring is 1. The molecule has 0 aliphatic carbocycles. The first kappa shape index (κ1) is 12.7. The molecule has 1 aliphatic heterocycles. The van der Waals surface area contributed by atoms with Crippen molar-refractivity contribution in [2.24, 2.45) is 0 Å². The number of hydrogen-bond donors (Lipinski definition) is 2. The predicted octanol–water partition coefficient (Wildman–Crippen LogP) is 0.711. The van der Waals surface area contributed by atoms with E-state index in [-0.39, 0.29) is 11.9 Å². The van der Waals surface area contributed by atoms with Crippen molar-refractivity contribution in [3.05, 3.63) is 23.8 Å². The van der Waals surface area contributed by atoms with Gasteiger partial charge in [0, 0.05) is 12.6 Å². The van der Waals surface area contributed by atoms with Crippen molar-refractivity contribution in [2.75, 3.05) is 33.0 Å². The molecule has 0 aromatic heterocycles. The summed E-state index contributed by atoms with van der Waals surface area (Å²) in [5, 5.41) is 3.00. The second-order valence-corrected chi connectivity index (χ2v) is 4.64. The van der Waals surface area contributed by atoms with Gasteiger partial charge in [0.25, 0.3) is 5.91 Å². The quantitative estimate of drug-likeness (QED) is 0.774. The summed E-state index contributed by atoms with van der Waals surface area (Å²) in [6.07, 6.45) is 0.978. The van der Waals surface area contributed by atoms with Crippen LogP contribution in [-0.4, -0.2) is 44.1 Å². The minimum atomic E-state index is -0.133. The van der Waals surface area contributed by atoms with Crippen LogP contribution < -0.4 is 15.8 Å². The van der Waals surface area contributed by atoms with Crippen LogP contribution in [0.4, 0.5) is 5.69 Å². The molecule has 0 bridgehead atoms. The van der Waals surface area contributed by atoms with Gasteiger partial charge in [-0.15, -0.1) is 0 Å². The lowest BCUT2D eigenvalue weighted by Crippen LogP contribution is -2.36. The highest BCUT2D eigenvalue weighted by Gasteiger charge is 2.22. The molecule has 0 spiro atoms. The van der Waals surface area contributed by atoms with Gasteiger partial charge in [0.15, 0.2) is 0 Å². The highest BCUT2D eigenvalue weighted by atomic mass is 16.5. The van der Waals surface area contributed by atoms with Crippen LogP contribution in [0, 0.1) is 0 Å². The summed E-state index contributed by atoms with van der Waals surface area (Å²) in [4.78, 5) is 14.3. The molecule has 0 radical (unpaired) electrons. The lowest BCUT2D eigenvalue weighted by atomic mass is 10.1. The largest absolute Gasteiger partial charge is 0.495 e. The van der Waals surface area contributed by atoms with Crippen LogP contribution in [0.15, 0.2) is 18.2 Å². The molecule has 1 fully saturated rings. The van der Waals surface area contributed by atoms with Crippen LogP contribution in [0.3, 0.4) is 0 Å². The van der Waals surface area contributed by atoms with E-state index in [1.165, 1.54) is 0 Å². The monoisotopic (exact) mass is 249 g/mol. The molecule has 1 amide bonds. The molecule has 1 aliphatic rings. The van der Waals surface area contributed by atoms with Crippen molar-refractivity contribution in [1.29, 1.82) is 0 Å². The Balaban J connectivity index is 2.09. The topological polar surface area (TPSA) is 67.6 Å². The van der Waals surface area contributed by atoms with Crippen LogP contribution in [-0.2, 0) is 0 Å². The Morgan fingerprint density at radius 1 is 1.56 bits per heavy atom. The number of para-hydroxylation sites is 1. The van der Waals surface area contributed by atoms with Gasteiger partial charge in [-0.05, 0) is 32.1 Å². The van der Waals surface area contributed by atoms with Crippen LogP contribution >= 0.6 is 0 Å². The van der Waals surface area contributed by atoms with Crippen LogP contribution in [0.1, 0.15) is 16.8 Å². The van der Waals surface area contributed by atoms with E-state index in [1.54, 1.807) is 25.3 Å². The molecule has 18 heavy (non-hydrogen) atoms. The molecule has 2 rings (SSSR count). The van der Waals surface area contributed by atoms with Gasteiger partial charge in [0.1, 0.15) is 5.75 Å². The molecule has 3 N–H and O–H groups in total. The Kier molecular flexibility index (Phi) is 3.72. The highest BCUT2D eigenvalue weighted by Crippen LogP contribution is 2.24. The minimum Gasteiger partial charge on any atom is -0.495 e. The summed E-state index contributed by atoms with van der Waals surface area (Å²) in [6.45, 7) is 1.90. The first-order valence-corrected chi connectivity index (χ1v) is 6.03. The zero-order valence-corrected chi connectivity index (χ0v) is 10.8. The Morgan fingerprint density at radius 3 is 2.94 bits per heavy atom. The Labute approximate surface area is 107 Å². The number of rotatable bonds is 3. The normalized spacial score (nSPS) is 19.8. The number of anilines is 1. The maximum atomic E-state index is 12.1. The zero-order valence-electron chi connectivity index (χ0n) is 10.8. The average Bonchev–Trinajstić information content (AvgIpc) is 2.75. The molecule has 0 saturated carbocycles. The number of nitrogens with zero attached hydrogens (tertiary/aromatic N) is 1. The SMILES string of the molecule is COc1cccc(C(=O)NC2CCN(C)C2)c1N. The van der Waals surface area contributed by atoms with Crippen molar-refractivity contribution in [2.45, 2.75) is 12.5 Å². The molecule has 1 atom stereocenters. The molecule has 5 heteroatoms. The highest BCUT2D eigenvalue weighted by molar-refractivity contribution is 6.00. The summed E-state index contributed by atoms with van der Waals surface area (Å²) < 4.78 is 5.11. The molecular formula is C13H19N3O2. The lowest BCUT2D eigenvalue weighted by molar-refractivity contribution is 0.0939. The van der Waals surface area contributed by atoms with Gasteiger partial charge >= 0.3 is 0 Å². The molecular weight excluding hydrogens is 230 g/mol. The average molecular weight is 249 g/mol. The molecule has 5 nitrogen and oxygen atoms in total. The number of benzene rings is 1. The number of likely N-dealkylation sites (tertiary alicyclic amines) is 1. The van der Waals surface area contributed by atoms with E-state index in [4.69, 9.17) is 10.5 Å². The number of nitrogens with one attached hydrogen (secondary N) is 1. The fourth-order valence-corrected chi connectivity index (χ4v) is 2.24. The van der Waals surface area contributed by atoms with E-state index in [2.05, 4.69) is 10.2 Å². The summed E-state index contributed by atoms with van der Waals surface area (Å²) in [6, 6.07) is 5.43. The minimum absolute atomic E-state index is 0.133. The maximum Gasteiger partial charge on any atom is 0.253 e. The van der Waals surface area contributed by atoms with Gasteiger partial charge in [-0.3, -0.25) is 4.79 Å². The summed E-state index contributed by atoms with van der Waals surface area (Å²) >= 11 is 0. The van der Waals surface area contributed by atoms with Crippen molar-refractivity contribution in [3.63, 3.8) is 0 Å². The fourth-order valence-electron chi connectivity index (χ4n) is 2.24. The number of amides is 1. The number of carbonyl (C=O) groups is 1. The van der Waals surface area contributed by atoms with E-state index in [0.29, 0.717) is 17.0 Å². The second kappa shape index (κ2) is 5.27. The van der Waals surface area contributed by atoms with Gasteiger partial charge in [-0.1, -0.05) is 6.07 Å². The van der Waals surface area contributed by atoms with Crippen molar-refractivity contribution >= 4 is 11.6 Å². The molecule has 1 saturated heterocycles. The van der Waals surface area contributed by atoms with E-state index >= 15 is 0 Å². The number of carbonyl (C=O) groups excluding carboxylic acids is 1. The van der Waals surface area contributed by atoms with E-state index < -0.39 is 0 Å². The zero-order chi connectivity index (χ0) is 13.1. The number of likely N-dealkylation sites (N-methyl/N-ethyl adjacent to an activating group) is 1. The molecule has 1 aromatic carbocycles. The lowest BCUT2D eigenvalue weighted by Gasteiger charge is -2.14. The van der Waals surface area contributed by atoms with E-state index in [1.807, 2.05) is 7.05 Å². The smallest absolute Gasteiger partial charge is 0.253 e. The van der Waals surface area contributed by atoms with Crippen molar-refractivity contribution < 1.29 is 9.53 Å². The maximum absolute atomic E-state index is 12.1. The van der Waals surface area contributed by atoms with E-state index in [9.17, 15) is 4.79 Å². The van der Waals surface area contributed by atoms with Gasteiger partial charge < -0.3 is 20.7 Å². The first-order valence-electron chi connectivity index (χ1n) is 6.03. The predicted molar refractivity (Wildman–Crippen MR) is 70.8 cm³/mol. The number of nitrogens with two attached hydrogens (primary N) is 1. The van der Waals surface area contributed by atoms with Gasteiger partial charge in [-0.2, -0.15) is 0 Å². The molecule has 1 heterocycles. The molecule has 1 aromatic rings. The Bertz CT molecular complexity index is 448. The van der Waals surface area contributed by atoms with Gasteiger partial charge in [-0.25, -0.2) is 0 Å². The Hall–Kier alpha value is -1.75. The second-order valence-electron chi connectivity index (χ2n) is 4.64. The van der Waals surface area contributed by atoms with Crippen molar-refractivity contribution in [1.82, 2.24) is 10.2 Å². The Morgan fingerprint density at radius 2 is 2.33 bits per heavy atom. The summed E-state index contributed by atoms with van der Waals surface area (Å²) in [5.41, 5.74) is 6.77. The number of ether oxygens (including phenoxy) is 1. The molecule has 1 unspecified atom stereocenters. The van der Waals surface area contributed by atoms with Crippen LogP contribution in [0.2, 0.25) is 0 Å². The summed E-state index contributed by atoms with van der Waals surface area (Å²) in [5.74, 6) is 0.401. The van der Waals surface area contributed by atoms with Gasteiger partial charge in [0.2, 0.25) is 0 Å². The third kappa shape index (κ3) is 2.56.